The van der Waals surface area contributed by atoms with Crippen LogP contribution in [0.4, 0.5) is 0 Å². The predicted molar refractivity (Wildman–Crippen MR) is 111 cm³/mol. The van der Waals surface area contributed by atoms with Crippen LogP contribution in [-0.2, 0) is 14.3 Å². The molecule has 0 spiro atoms. The largest absolute Gasteiger partial charge is 0.490 e. The summed E-state index contributed by atoms with van der Waals surface area (Å²) in [6, 6.07) is 3.06. The quantitative estimate of drug-likeness (QED) is 0.112. The van der Waals surface area contributed by atoms with Gasteiger partial charge >= 0.3 is 17.9 Å². The zero-order valence-electron chi connectivity index (χ0n) is 15.3. The number of hydrogen-bond donors (Lipinski definition) is 0. The molecule has 0 saturated heterocycles. The standard InChI is InChI=1S/C18H23Cl3O5Si/c1-3-25-15-10-8-14(9-11-17(22)24-2)13-16(15)26-18(23)7-5-4-6-12-27(19,20)21/h8-11,13H,3-7,12H2,1-2H3/b11-9+. The van der Waals surface area contributed by atoms with Gasteiger partial charge in [-0.3, -0.25) is 4.79 Å². The van der Waals surface area contributed by atoms with Gasteiger partial charge < -0.3 is 14.2 Å². The lowest BCUT2D eigenvalue weighted by Gasteiger charge is -2.11. The average molecular weight is 454 g/mol. The van der Waals surface area contributed by atoms with Crippen molar-refractivity contribution in [3.63, 3.8) is 0 Å². The Labute approximate surface area is 174 Å². The van der Waals surface area contributed by atoms with Crippen molar-refractivity contribution in [3.8, 4) is 11.5 Å². The fourth-order valence-electron chi connectivity index (χ4n) is 2.16. The number of carbonyl (C=O) groups is 2. The monoisotopic (exact) mass is 452 g/mol. The van der Waals surface area contributed by atoms with Crippen LogP contribution in [0, 0.1) is 0 Å². The number of methoxy groups -OCH3 is 1. The van der Waals surface area contributed by atoms with Crippen LogP contribution in [0.5, 0.6) is 11.5 Å². The van der Waals surface area contributed by atoms with Gasteiger partial charge in [-0.25, -0.2) is 4.79 Å². The number of unbranched alkanes of at least 4 members (excludes halogenated alkanes) is 2. The maximum absolute atomic E-state index is 12.1. The van der Waals surface area contributed by atoms with Crippen molar-refractivity contribution in [1.29, 1.82) is 0 Å². The highest BCUT2D eigenvalue weighted by molar-refractivity contribution is 7.64. The molecule has 0 aromatic heterocycles. The van der Waals surface area contributed by atoms with Gasteiger partial charge in [-0.2, -0.15) is 0 Å². The van der Waals surface area contributed by atoms with Crippen LogP contribution in [0.1, 0.15) is 38.2 Å². The smallest absolute Gasteiger partial charge is 0.341 e. The summed E-state index contributed by atoms with van der Waals surface area (Å²) < 4.78 is 15.5. The molecule has 0 aliphatic heterocycles. The molecule has 27 heavy (non-hydrogen) atoms. The van der Waals surface area contributed by atoms with Crippen molar-refractivity contribution in [3.05, 3.63) is 29.8 Å². The van der Waals surface area contributed by atoms with E-state index in [1.807, 2.05) is 6.92 Å². The fraction of sp³-hybridized carbons (Fsp3) is 0.444. The molecule has 1 aromatic carbocycles. The zero-order chi connectivity index (χ0) is 20.3. The lowest BCUT2D eigenvalue weighted by molar-refractivity contribution is -0.135. The van der Waals surface area contributed by atoms with Crippen LogP contribution >= 0.6 is 33.2 Å². The SMILES string of the molecule is CCOc1ccc(/C=C/C(=O)OC)cc1OC(=O)CCCCC[Si](Cl)(Cl)Cl. The molecule has 5 nitrogen and oxygen atoms in total. The van der Waals surface area contributed by atoms with Crippen LogP contribution < -0.4 is 9.47 Å². The van der Waals surface area contributed by atoms with Crippen molar-refractivity contribution >= 4 is 57.3 Å². The first-order valence-corrected chi connectivity index (χ1v) is 13.8. The molecule has 0 bridgehead atoms. The van der Waals surface area contributed by atoms with E-state index in [1.165, 1.54) is 13.2 Å². The highest BCUT2D eigenvalue weighted by Crippen LogP contribution is 2.30. The maximum Gasteiger partial charge on any atom is 0.341 e. The van der Waals surface area contributed by atoms with Crippen LogP contribution in [0.3, 0.4) is 0 Å². The summed E-state index contributed by atoms with van der Waals surface area (Å²) in [4.78, 5) is 23.3. The molecule has 1 rings (SSSR count). The Morgan fingerprint density at radius 2 is 1.85 bits per heavy atom. The van der Waals surface area contributed by atoms with E-state index in [-0.39, 0.29) is 12.4 Å². The molecule has 150 valence electrons. The van der Waals surface area contributed by atoms with Gasteiger partial charge in [0.05, 0.1) is 13.7 Å². The molecule has 0 radical (unpaired) electrons. The number of benzene rings is 1. The second kappa shape index (κ2) is 12.3. The van der Waals surface area contributed by atoms with Crippen molar-refractivity contribution in [1.82, 2.24) is 0 Å². The van der Waals surface area contributed by atoms with E-state index >= 15 is 0 Å². The number of esters is 2. The molecule has 0 fully saturated rings. The minimum atomic E-state index is -2.59. The molecule has 0 aliphatic rings. The first kappa shape index (κ1) is 23.8. The molecule has 9 heteroatoms. The highest BCUT2D eigenvalue weighted by atomic mass is 35.8. The van der Waals surface area contributed by atoms with Crippen LogP contribution in [-0.4, -0.2) is 31.7 Å². The Hall–Kier alpha value is -1.21. The van der Waals surface area contributed by atoms with E-state index in [2.05, 4.69) is 4.74 Å². The highest BCUT2D eigenvalue weighted by Gasteiger charge is 2.23. The van der Waals surface area contributed by atoms with Gasteiger partial charge in [0, 0.05) is 12.5 Å². The summed E-state index contributed by atoms with van der Waals surface area (Å²) in [7, 11) is 1.30. The zero-order valence-corrected chi connectivity index (χ0v) is 18.6. The normalized spacial score (nSPS) is 11.4. The van der Waals surface area contributed by atoms with E-state index in [0.29, 0.717) is 36.1 Å². The number of halogens is 3. The Morgan fingerprint density at radius 3 is 2.48 bits per heavy atom. The molecular weight excluding hydrogens is 431 g/mol. The minimum absolute atomic E-state index is 0.259. The summed E-state index contributed by atoms with van der Waals surface area (Å²) in [5.74, 6) is -0.0673. The van der Waals surface area contributed by atoms with Gasteiger partial charge in [-0.15, -0.1) is 33.2 Å². The molecule has 0 saturated carbocycles. The second-order valence-corrected chi connectivity index (χ2v) is 14.9. The molecule has 1 aromatic rings. The summed E-state index contributed by atoms with van der Waals surface area (Å²) >= 11 is 17.5. The van der Waals surface area contributed by atoms with E-state index in [1.54, 1.807) is 24.3 Å². The van der Waals surface area contributed by atoms with Gasteiger partial charge in [-0.05, 0) is 43.2 Å². The van der Waals surface area contributed by atoms with Crippen LogP contribution in [0.15, 0.2) is 24.3 Å². The number of ether oxygens (including phenoxy) is 3. The van der Waals surface area contributed by atoms with Gasteiger partial charge in [0.25, 0.3) is 0 Å². The van der Waals surface area contributed by atoms with Gasteiger partial charge in [0.2, 0.25) is 0 Å². The Morgan fingerprint density at radius 1 is 1.11 bits per heavy atom. The third-order valence-corrected chi connectivity index (χ3v) is 6.07. The van der Waals surface area contributed by atoms with E-state index in [4.69, 9.17) is 42.7 Å². The summed E-state index contributed by atoms with van der Waals surface area (Å²) in [5, 5.41) is 0. The first-order chi connectivity index (χ1) is 12.7. The molecular formula is C18H23Cl3O5Si. The van der Waals surface area contributed by atoms with E-state index < -0.39 is 12.0 Å². The lowest BCUT2D eigenvalue weighted by Crippen LogP contribution is -2.10. The molecule has 0 amide bonds. The topological polar surface area (TPSA) is 61.8 Å². The molecule has 0 atom stereocenters. The van der Waals surface area contributed by atoms with Crippen molar-refractivity contribution < 1.29 is 23.8 Å². The summed E-state index contributed by atoms with van der Waals surface area (Å²) in [6.45, 7) is 2.27. The minimum Gasteiger partial charge on any atom is -0.490 e. The Balaban J connectivity index is 2.65. The first-order valence-electron chi connectivity index (χ1n) is 8.55. The van der Waals surface area contributed by atoms with Crippen LogP contribution in [0.2, 0.25) is 6.04 Å². The average Bonchev–Trinajstić information content (AvgIpc) is 2.60. The molecule has 0 aliphatic carbocycles. The number of carbonyl (C=O) groups excluding carboxylic acids is 2. The van der Waals surface area contributed by atoms with E-state index in [9.17, 15) is 9.59 Å². The Kier molecular flexibility index (Phi) is 10.8. The van der Waals surface area contributed by atoms with Gasteiger partial charge in [-0.1, -0.05) is 18.9 Å². The van der Waals surface area contributed by atoms with Crippen molar-refractivity contribution in [2.45, 2.75) is 38.7 Å². The number of hydrogen-bond acceptors (Lipinski definition) is 5. The van der Waals surface area contributed by atoms with Gasteiger partial charge in [0.15, 0.2) is 11.5 Å². The molecule has 0 unspecified atom stereocenters. The van der Waals surface area contributed by atoms with Crippen molar-refractivity contribution in [2.75, 3.05) is 13.7 Å². The van der Waals surface area contributed by atoms with Gasteiger partial charge in [0.1, 0.15) is 0 Å². The summed E-state index contributed by atoms with van der Waals surface area (Å²) in [6.07, 6.45) is 5.33. The van der Waals surface area contributed by atoms with Crippen LogP contribution in [0.25, 0.3) is 6.08 Å². The maximum atomic E-state index is 12.1. The number of rotatable bonds is 11. The predicted octanol–water partition coefficient (Wildman–Crippen LogP) is 5.39. The lowest BCUT2D eigenvalue weighted by atomic mass is 10.2. The van der Waals surface area contributed by atoms with Crippen molar-refractivity contribution in [2.24, 2.45) is 0 Å². The third kappa shape index (κ3) is 10.6. The third-order valence-electron chi connectivity index (χ3n) is 3.45. The molecule has 0 N–H and O–H groups in total. The Bertz CT molecular complexity index is 659. The van der Waals surface area contributed by atoms with E-state index in [0.717, 1.165) is 12.8 Å². The summed E-state index contributed by atoms with van der Waals surface area (Å²) in [5.41, 5.74) is 0.680. The fourth-order valence-corrected chi connectivity index (χ4v) is 4.01. The molecule has 0 heterocycles. The second-order valence-electron chi connectivity index (χ2n) is 5.65.